The van der Waals surface area contributed by atoms with Crippen molar-refractivity contribution in [3.05, 3.63) is 0 Å². The molecular weight excluding hydrogens is 232 g/mol. The molecule has 0 aliphatic carbocycles. The average molecular weight is 256 g/mol. The van der Waals surface area contributed by atoms with Gasteiger partial charge >= 0.3 is 0 Å². The molecule has 0 spiro atoms. The lowest BCUT2D eigenvalue weighted by Crippen LogP contribution is -2.52. The second-order valence-electron chi connectivity index (χ2n) is 5.02. The Morgan fingerprint density at radius 2 is 2.44 bits per heavy atom. The molecular formula is C13H24N2O3. The summed E-state index contributed by atoms with van der Waals surface area (Å²) in [7, 11) is 0. The van der Waals surface area contributed by atoms with Crippen LogP contribution in [0.3, 0.4) is 0 Å². The molecule has 5 heteroatoms. The molecule has 2 fully saturated rings. The summed E-state index contributed by atoms with van der Waals surface area (Å²) in [6.45, 7) is 7.33. The maximum Gasteiger partial charge on any atom is 0.253 e. The van der Waals surface area contributed by atoms with Crippen molar-refractivity contribution in [2.24, 2.45) is 5.92 Å². The Bertz CT molecular complexity index is 267. The van der Waals surface area contributed by atoms with Crippen LogP contribution in [0.2, 0.25) is 0 Å². The van der Waals surface area contributed by atoms with E-state index in [1.54, 1.807) is 0 Å². The van der Waals surface area contributed by atoms with Gasteiger partial charge in [0.05, 0.1) is 13.2 Å². The summed E-state index contributed by atoms with van der Waals surface area (Å²) in [4.78, 5) is 14.2. The lowest BCUT2D eigenvalue weighted by atomic mass is 9.98. The van der Waals surface area contributed by atoms with E-state index in [1.165, 1.54) is 0 Å². The predicted octanol–water partition coefficient (Wildman–Crippen LogP) is 0.250. The highest BCUT2D eigenvalue weighted by molar-refractivity contribution is 5.81. The molecule has 104 valence electrons. The largest absolute Gasteiger partial charge is 0.381 e. The molecule has 0 aromatic carbocycles. The molecule has 0 aromatic heterocycles. The third kappa shape index (κ3) is 3.67. The first-order valence-corrected chi connectivity index (χ1v) is 7.00. The first-order chi connectivity index (χ1) is 8.81. The summed E-state index contributed by atoms with van der Waals surface area (Å²) < 4.78 is 11.0. The van der Waals surface area contributed by atoms with Crippen molar-refractivity contribution in [1.29, 1.82) is 0 Å². The van der Waals surface area contributed by atoms with Crippen LogP contribution in [0.1, 0.15) is 19.8 Å². The summed E-state index contributed by atoms with van der Waals surface area (Å²) >= 11 is 0. The second-order valence-corrected chi connectivity index (χ2v) is 5.02. The zero-order valence-electron chi connectivity index (χ0n) is 11.2. The van der Waals surface area contributed by atoms with E-state index >= 15 is 0 Å². The van der Waals surface area contributed by atoms with Crippen molar-refractivity contribution < 1.29 is 14.3 Å². The number of likely N-dealkylation sites (tertiary alicyclic amines) is 1. The molecule has 0 aromatic rings. The van der Waals surface area contributed by atoms with Crippen LogP contribution >= 0.6 is 0 Å². The Hall–Kier alpha value is -0.650. The SMILES string of the molecule is CCOCC1CCCN(C(=O)C2CNCCO2)C1. The van der Waals surface area contributed by atoms with E-state index in [9.17, 15) is 4.79 Å². The molecule has 2 aliphatic rings. The molecule has 18 heavy (non-hydrogen) atoms. The molecule has 0 radical (unpaired) electrons. The quantitative estimate of drug-likeness (QED) is 0.783. The Balaban J connectivity index is 1.81. The second kappa shape index (κ2) is 7.07. The summed E-state index contributed by atoms with van der Waals surface area (Å²) in [5.41, 5.74) is 0. The van der Waals surface area contributed by atoms with Crippen LogP contribution in [0.5, 0.6) is 0 Å². The highest BCUT2D eigenvalue weighted by Crippen LogP contribution is 2.18. The van der Waals surface area contributed by atoms with Gasteiger partial charge in [0.25, 0.3) is 5.91 Å². The minimum absolute atomic E-state index is 0.142. The fourth-order valence-corrected chi connectivity index (χ4v) is 2.61. The molecule has 2 saturated heterocycles. The number of amides is 1. The van der Waals surface area contributed by atoms with Crippen LogP contribution in [-0.2, 0) is 14.3 Å². The first-order valence-electron chi connectivity index (χ1n) is 7.00. The zero-order valence-corrected chi connectivity index (χ0v) is 11.2. The Morgan fingerprint density at radius 1 is 1.56 bits per heavy atom. The number of nitrogens with one attached hydrogen (secondary N) is 1. The van der Waals surface area contributed by atoms with Crippen molar-refractivity contribution in [2.75, 3.05) is 46.0 Å². The van der Waals surface area contributed by atoms with Gasteiger partial charge in [-0.15, -0.1) is 0 Å². The summed E-state index contributed by atoms with van der Waals surface area (Å²) in [5, 5.41) is 3.20. The van der Waals surface area contributed by atoms with Crippen LogP contribution in [0.15, 0.2) is 0 Å². The van der Waals surface area contributed by atoms with E-state index in [2.05, 4.69) is 5.32 Å². The molecule has 2 heterocycles. The predicted molar refractivity (Wildman–Crippen MR) is 68.4 cm³/mol. The molecule has 0 bridgehead atoms. The molecule has 5 nitrogen and oxygen atoms in total. The van der Waals surface area contributed by atoms with Gasteiger partial charge in [-0.1, -0.05) is 0 Å². The van der Waals surface area contributed by atoms with Gasteiger partial charge in [0.2, 0.25) is 0 Å². The molecule has 2 unspecified atom stereocenters. The van der Waals surface area contributed by atoms with Gasteiger partial charge in [-0.2, -0.15) is 0 Å². The fourth-order valence-electron chi connectivity index (χ4n) is 2.61. The molecule has 2 atom stereocenters. The summed E-state index contributed by atoms with van der Waals surface area (Å²) in [6.07, 6.45) is 1.95. The monoisotopic (exact) mass is 256 g/mol. The summed E-state index contributed by atoms with van der Waals surface area (Å²) in [5.74, 6) is 0.627. The van der Waals surface area contributed by atoms with Gasteiger partial charge in [0, 0.05) is 32.8 Å². The first kappa shape index (κ1) is 13.8. The van der Waals surface area contributed by atoms with E-state index in [1.807, 2.05) is 11.8 Å². The lowest BCUT2D eigenvalue weighted by Gasteiger charge is -2.35. The lowest BCUT2D eigenvalue weighted by molar-refractivity contribution is -0.147. The number of hydrogen-bond donors (Lipinski definition) is 1. The number of hydrogen-bond acceptors (Lipinski definition) is 4. The Kier molecular flexibility index (Phi) is 5.41. The normalized spacial score (nSPS) is 29.3. The Morgan fingerprint density at radius 3 is 3.17 bits per heavy atom. The highest BCUT2D eigenvalue weighted by Gasteiger charge is 2.30. The molecule has 0 saturated carbocycles. The maximum atomic E-state index is 12.3. The number of morpholine rings is 1. The van der Waals surface area contributed by atoms with Crippen molar-refractivity contribution in [3.8, 4) is 0 Å². The van der Waals surface area contributed by atoms with Crippen LogP contribution in [0.25, 0.3) is 0 Å². The topological polar surface area (TPSA) is 50.8 Å². The number of nitrogens with zero attached hydrogens (tertiary/aromatic N) is 1. The van der Waals surface area contributed by atoms with Gasteiger partial charge in [0.15, 0.2) is 0 Å². The molecule has 1 amide bonds. The third-order valence-electron chi connectivity index (χ3n) is 3.59. The van der Waals surface area contributed by atoms with Gasteiger partial charge in [0.1, 0.15) is 6.10 Å². The van der Waals surface area contributed by atoms with E-state index in [0.29, 0.717) is 19.1 Å². The minimum Gasteiger partial charge on any atom is -0.381 e. The van der Waals surface area contributed by atoms with Crippen molar-refractivity contribution in [1.82, 2.24) is 10.2 Å². The maximum absolute atomic E-state index is 12.3. The van der Waals surface area contributed by atoms with Crippen LogP contribution < -0.4 is 5.32 Å². The summed E-state index contributed by atoms with van der Waals surface area (Å²) in [6, 6.07) is 0. The standard InChI is InChI=1S/C13H24N2O3/c1-2-17-10-11-4-3-6-15(9-11)13(16)12-8-14-5-7-18-12/h11-12,14H,2-10H2,1H3. The van der Waals surface area contributed by atoms with Gasteiger partial charge in [-0.05, 0) is 25.7 Å². The van der Waals surface area contributed by atoms with Crippen molar-refractivity contribution in [2.45, 2.75) is 25.9 Å². The third-order valence-corrected chi connectivity index (χ3v) is 3.59. The highest BCUT2D eigenvalue weighted by atomic mass is 16.5. The Labute approximate surface area is 109 Å². The smallest absolute Gasteiger partial charge is 0.253 e. The van der Waals surface area contributed by atoms with Crippen LogP contribution in [0.4, 0.5) is 0 Å². The minimum atomic E-state index is -0.287. The van der Waals surface area contributed by atoms with Gasteiger partial charge in [-0.25, -0.2) is 0 Å². The number of ether oxygens (including phenoxy) is 2. The van der Waals surface area contributed by atoms with E-state index in [4.69, 9.17) is 9.47 Å². The molecule has 2 aliphatic heterocycles. The number of piperidine rings is 1. The average Bonchev–Trinajstić information content (AvgIpc) is 2.45. The van der Waals surface area contributed by atoms with Gasteiger partial charge in [-0.3, -0.25) is 4.79 Å². The molecule has 1 N–H and O–H groups in total. The van der Waals surface area contributed by atoms with Crippen LogP contribution in [-0.4, -0.2) is 62.9 Å². The molecule has 2 rings (SSSR count). The van der Waals surface area contributed by atoms with E-state index in [0.717, 1.165) is 45.7 Å². The number of carbonyl (C=O) groups excluding carboxylic acids is 1. The zero-order chi connectivity index (χ0) is 12.8. The van der Waals surface area contributed by atoms with Crippen molar-refractivity contribution >= 4 is 5.91 Å². The van der Waals surface area contributed by atoms with Crippen molar-refractivity contribution in [3.63, 3.8) is 0 Å². The fraction of sp³-hybridized carbons (Fsp3) is 0.923. The van der Waals surface area contributed by atoms with Gasteiger partial charge < -0.3 is 19.7 Å². The van der Waals surface area contributed by atoms with E-state index < -0.39 is 0 Å². The number of rotatable bonds is 4. The number of carbonyl (C=O) groups is 1. The van der Waals surface area contributed by atoms with Crippen LogP contribution in [0, 0.1) is 5.92 Å². The van der Waals surface area contributed by atoms with E-state index in [-0.39, 0.29) is 12.0 Å².